The Bertz CT molecular complexity index is 1020. The molecule has 2 saturated heterocycles. The van der Waals surface area contributed by atoms with Crippen LogP contribution in [0.2, 0.25) is 0 Å². The number of carbonyl (C=O) groups excluding carboxylic acids is 1. The third-order valence-corrected chi connectivity index (χ3v) is 7.30. The second kappa shape index (κ2) is 9.82. The van der Waals surface area contributed by atoms with Gasteiger partial charge in [0.15, 0.2) is 5.65 Å². The maximum Gasteiger partial charge on any atom is 0.236 e. The summed E-state index contributed by atoms with van der Waals surface area (Å²) in [6, 6.07) is 16.8. The highest BCUT2D eigenvalue weighted by Crippen LogP contribution is 2.27. The van der Waals surface area contributed by atoms with Gasteiger partial charge in [0.1, 0.15) is 5.82 Å². The molecular weight excluding hydrogens is 398 g/mol. The molecule has 5 rings (SSSR count). The Morgan fingerprint density at radius 2 is 1.62 bits per heavy atom. The first-order valence-corrected chi connectivity index (χ1v) is 12.1. The summed E-state index contributed by atoms with van der Waals surface area (Å²) in [5.41, 5.74) is 2.33. The molecule has 0 aliphatic carbocycles. The van der Waals surface area contributed by atoms with Crippen molar-refractivity contribution in [3.63, 3.8) is 0 Å². The van der Waals surface area contributed by atoms with Crippen molar-refractivity contribution < 1.29 is 4.79 Å². The number of aryl methyl sites for hydroxylation is 1. The first kappa shape index (κ1) is 21.1. The van der Waals surface area contributed by atoms with Gasteiger partial charge in [-0.25, -0.2) is 0 Å². The Morgan fingerprint density at radius 1 is 0.875 bits per heavy atom. The summed E-state index contributed by atoms with van der Waals surface area (Å²) in [6.07, 6.45) is 8.77. The quantitative estimate of drug-likeness (QED) is 0.596. The molecule has 0 atom stereocenters. The fourth-order valence-corrected chi connectivity index (χ4v) is 5.27. The third-order valence-electron chi connectivity index (χ3n) is 7.30. The number of piperidine rings is 2. The predicted molar refractivity (Wildman–Crippen MR) is 125 cm³/mol. The second-order valence-electron chi connectivity index (χ2n) is 9.39. The standard InChI is InChI=1S/C26H33N5O/c32-25(30-18-11-22(12-19-30)10-9-21-6-2-1-3-7-21)20-29-16-13-23(14-17-29)26-28-27-24-8-4-5-15-31(24)26/h1-8,15,22-23H,9-14,16-20H2. The van der Waals surface area contributed by atoms with Crippen molar-refractivity contribution in [2.75, 3.05) is 32.7 Å². The molecule has 32 heavy (non-hydrogen) atoms. The van der Waals surface area contributed by atoms with Crippen molar-refractivity contribution in [1.82, 2.24) is 24.4 Å². The van der Waals surface area contributed by atoms with E-state index in [1.165, 1.54) is 12.0 Å². The number of amides is 1. The van der Waals surface area contributed by atoms with Gasteiger partial charge in [0.2, 0.25) is 5.91 Å². The summed E-state index contributed by atoms with van der Waals surface area (Å²) in [5, 5.41) is 8.74. The van der Waals surface area contributed by atoms with E-state index in [-0.39, 0.29) is 0 Å². The van der Waals surface area contributed by atoms with Crippen LogP contribution in [0.25, 0.3) is 5.65 Å². The molecule has 3 aromatic rings. The minimum atomic E-state index is 0.304. The van der Waals surface area contributed by atoms with Gasteiger partial charge >= 0.3 is 0 Å². The van der Waals surface area contributed by atoms with Gasteiger partial charge in [-0.3, -0.25) is 14.1 Å². The molecule has 0 radical (unpaired) electrons. The molecule has 4 heterocycles. The number of carbonyl (C=O) groups is 1. The molecule has 0 spiro atoms. The zero-order valence-electron chi connectivity index (χ0n) is 18.8. The number of pyridine rings is 1. The molecule has 0 bridgehead atoms. The van der Waals surface area contributed by atoms with E-state index < -0.39 is 0 Å². The molecule has 1 aromatic carbocycles. The van der Waals surface area contributed by atoms with Crippen molar-refractivity contribution in [2.24, 2.45) is 5.92 Å². The lowest BCUT2D eigenvalue weighted by atomic mass is 9.90. The first-order chi connectivity index (χ1) is 15.8. The van der Waals surface area contributed by atoms with Crippen LogP contribution in [-0.4, -0.2) is 63.0 Å². The molecule has 2 aliphatic rings. The van der Waals surface area contributed by atoms with Crippen LogP contribution in [0.5, 0.6) is 0 Å². The number of benzene rings is 1. The molecule has 6 nitrogen and oxygen atoms in total. The largest absolute Gasteiger partial charge is 0.342 e. The van der Waals surface area contributed by atoms with E-state index >= 15 is 0 Å². The monoisotopic (exact) mass is 431 g/mol. The molecule has 0 saturated carbocycles. The summed E-state index contributed by atoms with van der Waals surface area (Å²) in [5.74, 6) is 2.52. The lowest BCUT2D eigenvalue weighted by Crippen LogP contribution is -2.46. The highest BCUT2D eigenvalue weighted by molar-refractivity contribution is 5.78. The maximum atomic E-state index is 12.9. The second-order valence-corrected chi connectivity index (χ2v) is 9.39. The summed E-state index contributed by atoms with van der Waals surface area (Å²) in [7, 11) is 0. The summed E-state index contributed by atoms with van der Waals surface area (Å²) >= 11 is 0. The fourth-order valence-electron chi connectivity index (χ4n) is 5.27. The number of aromatic nitrogens is 3. The number of hydrogen-bond acceptors (Lipinski definition) is 4. The SMILES string of the molecule is O=C(CN1CCC(c2nnc3ccccn23)CC1)N1CCC(CCc2ccccc2)CC1. The van der Waals surface area contributed by atoms with Gasteiger partial charge in [-0.15, -0.1) is 10.2 Å². The molecule has 2 aromatic heterocycles. The van der Waals surface area contributed by atoms with Crippen molar-refractivity contribution in [1.29, 1.82) is 0 Å². The minimum absolute atomic E-state index is 0.304. The Morgan fingerprint density at radius 3 is 2.41 bits per heavy atom. The van der Waals surface area contributed by atoms with Crippen LogP contribution in [0.15, 0.2) is 54.7 Å². The summed E-state index contributed by atoms with van der Waals surface area (Å²) < 4.78 is 2.10. The van der Waals surface area contributed by atoms with Gasteiger partial charge in [-0.2, -0.15) is 0 Å². The summed E-state index contributed by atoms with van der Waals surface area (Å²) in [4.78, 5) is 17.3. The van der Waals surface area contributed by atoms with Crippen molar-refractivity contribution >= 4 is 11.6 Å². The van der Waals surface area contributed by atoms with Gasteiger partial charge in [-0.05, 0) is 75.2 Å². The molecule has 2 fully saturated rings. The third kappa shape index (κ3) is 4.85. The van der Waals surface area contributed by atoms with Gasteiger partial charge in [0.25, 0.3) is 0 Å². The van der Waals surface area contributed by atoms with Crippen LogP contribution in [0.1, 0.15) is 49.4 Å². The zero-order chi connectivity index (χ0) is 21.8. The van der Waals surface area contributed by atoms with Gasteiger partial charge in [-0.1, -0.05) is 36.4 Å². The number of hydrogen-bond donors (Lipinski definition) is 0. The Kier molecular flexibility index (Phi) is 6.49. The Balaban J connectivity index is 1.05. The molecule has 168 valence electrons. The highest BCUT2D eigenvalue weighted by Gasteiger charge is 2.28. The maximum absolute atomic E-state index is 12.9. The molecule has 0 unspecified atom stereocenters. The zero-order valence-corrected chi connectivity index (χ0v) is 18.8. The number of likely N-dealkylation sites (tertiary alicyclic amines) is 2. The van der Waals surface area contributed by atoms with Gasteiger partial charge < -0.3 is 4.90 Å². The number of nitrogens with zero attached hydrogens (tertiary/aromatic N) is 5. The smallest absolute Gasteiger partial charge is 0.236 e. The molecule has 0 N–H and O–H groups in total. The topological polar surface area (TPSA) is 53.7 Å². The first-order valence-electron chi connectivity index (χ1n) is 12.1. The van der Waals surface area contributed by atoms with Crippen molar-refractivity contribution in [3.8, 4) is 0 Å². The van der Waals surface area contributed by atoms with Crippen LogP contribution in [-0.2, 0) is 11.2 Å². The molecular formula is C26H33N5O. The van der Waals surface area contributed by atoms with E-state index in [0.717, 1.165) is 75.7 Å². The average molecular weight is 432 g/mol. The van der Waals surface area contributed by atoms with E-state index in [9.17, 15) is 4.79 Å². The van der Waals surface area contributed by atoms with E-state index in [1.807, 2.05) is 24.4 Å². The molecule has 1 amide bonds. The number of rotatable bonds is 6. The average Bonchev–Trinajstić information content (AvgIpc) is 3.28. The van der Waals surface area contributed by atoms with Crippen LogP contribution < -0.4 is 0 Å². The van der Waals surface area contributed by atoms with E-state index in [2.05, 4.69) is 54.7 Å². The van der Waals surface area contributed by atoms with Crippen molar-refractivity contribution in [3.05, 3.63) is 66.1 Å². The predicted octanol–water partition coefficient (Wildman–Crippen LogP) is 3.78. The van der Waals surface area contributed by atoms with Crippen molar-refractivity contribution in [2.45, 2.75) is 44.4 Å². The number of fused-ring (bicyclic) bond motifs is 1. The van der Waals surface area contributed by atoms with E-state index in [1.54, 1.807) is 0 Å². The normalized spacial score (nSPS) is 18.9. The van der Waals surface area contributed by atoms with Crippen LogP contribution in [0.3, 0.4) is 0 Å². The molecule has 6 heteroatoms. The molecule has 2 aliphatic heterocycles. The van der Waals surface area contributed by atoms with E-state index in [0.29, 0.717) is 18.4 Å². The van der Waals surface area contributed by atoms with Gasteiger partial charge in [0.05, 0.1) is 6.54 Å². The van der Waals surface area contributed by atoms with E-state index in [4.69, 9.17) is 0 Å². The summed E-state index contributed by atoms with van der Waals surface area (Å²) in [6.45, 7) is 4.29. The Hall–Kier alpha value is -2.73. The van der Waals surface area contributed by atoms with Gasteiger partial charge in [0, 0.05) is 25.2 Å². The van der Waals surface area contributed by atoms with Crippen LogP contribution in [0.4, 0.5) is 0 Å². The Labute approximate surface area is 190 Å². The highest BCUT2D eigenvalue weighted by atomic mass is 16.2. The van der Waals surface area contributed by atoms with Crippen LogP contribution >= 0.6 is 0 Å². The lowest BCUT2D eigenvalue weighted by molar-refractivity contribution is -0.134. The minimum Gasteiger partial charge on any atom is -0.342 e. The van der Waals surface area contributed by atoms with Crippen LogP contribution in [0, 0.1) is 5.92 Å². The fraction of sp³-hybridized carbons (Fsp3) is 0.500. The lowest BCUT2D eigenvalue weighted by Gasteiger charge is -2.35.